The first-order valence-corrected chi connectivity index (χ1v) is 7.80. The SMILES string of the molecule is CC(C)(C)OC(=O)N1CCC(N2CCC(O)CC2)C(F)C1. The molecule has 2 unspecified atom stereocenters. The van der Waals surface area contributed by atoms with Gasteiger partial charge in [0.05, 0.1) is 12.6 Å². The molecule has 2 rings (SSSR count). The molecule has 2 atom stereocenters. The minimum atomic E-state index is -1.05. The largest absolute Gasteiger partial charge is 0.444 e. The van der Waals surface area contributed by atoms with Crippen molar-refractivity contribution in [3.8, 4) is 0 Å². The molecule has 2 fully saturated rings. The maximum atomic E-state index is 14.4. The van der Waals surface area contributed by atoms with E-state index in [2.05, 4.69) is 4.90 Å². The summed E-state index contributed by atoms with van der Waals surface area (Å²) in [5.41, 5.74) is -0.553. The van der Waals surface area contributed by atoms with E-state index in [1.807, 2.05) is 20.8 Å². The summed E-state index contributed by atoms with van der Waals surface area (Å²) in [7, 11) is 0. The molecule has 2 saturated heterocycles. The van der Waals surface area contributed by atoms with Crippen molar-refractivity contribution >= 4 is 6.09 Å². The summed E-state index contributed by atoms with van der Waals surface area (Å²) in [6.45, 7) is 7.52. The van der Waals surface area contributed by atoms with Gasteiger partial charge >= 0.3 is 6.09 Å². The summed E-state index contributed by atoms with van der Waals surface area (Å²) < 4.78 is 19.7. The van der Waals surface area contributed by atoms with Gasteiger partial charge in [0, 0.05) is 25.7 Å². The maximum Gasteiger partial charge on any atom is 0.410 e. The molecule has 0 aromatic rings. The van der Waals surface area contributed by atoms with Gasteiger partial charge in [-0.15, -0.1) is 0 Å². The van der Waals surface area contributed by atoms with Gasteiger partial charge in [-0.05, 0) is 40.0 Å². The van der Waals surface area contributed by atoms with E-state index < -0.39 is 17.9 Å². The van der Waals surface area contributed by atoms with Gasteiger partial charge < -0.3 is 14.7 Å². The molecule has 0 spiro atoms. The van der Waals surface area contributed by atoms with E-state index in [-0.39, 0.29) is 18.7 Å². The Hall–Kier alpha value is -0.880. The zero-order chi connectivity index (χ0) is 15.6. The lowest BCUT2D eigenvalue weighted by Crippen LogP contribution is -2.56. The molecule has 6 heteroatoms. The van der Waals surface area contributed by atoms with E-state index in [9.17, 15) is 14.3 Å². The Labute approximate surface area is 126 Å². The lowest BCUT2D eigenvalue weighted by Gasteiger charge is -2.42. The number of rotatable bonds is 1. The molecule has 2 heterocycles. The third kappa shape index (κ3) is 4.54. The van der Waals surface area contributed by atoms with Gasteiger partial charge in [-0.1, -0.05) is 0 Å². The average Bonchev–Trinajstić information content (AvgIpc) is 2.38. The first-order valence-electron chi connectivity index (χ1n) is 7.80. The average molecular weight is 302 g/mol. The standard InChI is InChI=1S/C15H27FN2O3/c1-15(2,3)21-14(20)18-9-6-13(12(16)10-18)17-7-4-11(19)5-8-17/h11-13,19H,4-10H2,1-3H3. The van der Waals surface area contributed by atoms with E-state index in [0.717, 1.165) is 13.1 Å². The van der Waals surface area contributed by atoms with Crippen molar-refractivity contribution in [2.45, 2.75) is 64.0 Å². The molecule has 122 valence electrons. The highest BCUT2D eigenvalue weighted by Crippen LogP contribution is 2.24. The number of nitrogens with zero attached hydrogens (tertiary/aromatic N) is 2. The van der Waals surface area contributed by atoms with Gasteiger partial charge in [0.15, 0.2) is 0 Å². The lowest BCUT2D eigenvalue weighted by molar-refractivity contribution is -0.0177. The molecule has 0 aromatic heterocycles. The molecule has 0 aliphatic carbocycles. The third-order valence-corrected chi connectivity index (χ3v) is 4.13. The minimum absolute atomic E-state index is 0.0959. The minimum Gasteiger partial charge on any atom is -0.444 e. The number of alkyl halides is 1. The number of halogens is 1. The van der Waals surface area contributed by atoms with Crippen LogP contribution in [0, 0.1) is 0 Å². The number of hydrogen-bond acceptors (Lipinski definition) is 4. The lowest BCUT2D eigenvalue weighted by atomic mass is 9.98. The summed E-state index contributed by atoms with van der Waals surface area (Å²) in [5.74, 6) is 0. The van der Waals surface area contributed by atoms with E-state index in [0.29, 0.717) is 25.8 Å². The Balaban J connectivity index is 1.86. The number of carbonyl (C=O) groups is 1. The van der Waals surface area contributed by atoms with Crippen LogP contribution in [0.25, 0.3) is 0 Å². The van der Waals surface area contributed by atoms with Gasteiger partial charge in [-0.2, -0.15) is 0 Å². The Morgan fingerprint density at radius 1 is 1.19 bits per heavy atom. The van der Waals surface area contributed by atoms with E-state index >= 15 is 0 Å². The van der Waals surface area contributed by atoms with Crippen LogP contribution in [0.5, 0.6) is 0 Å². The summed E-state index contributed by atoms with van der Waals surface area (Å²) in [6, 6.07) is -0.142. The van der Waals surface area contributed by atoms with Gasteiger partial charge in [0.1, 0.15) is 11.8 Å². The molecule has 2 aliphatic heterocycles. The first-order chi connectivity index (χ1) is 9.76. The number of ether oxygens (including phenoxy) is 1. The number of aliphatic hydroxyl groups is 1. The molecule has 5 nitrogen and oxygen atoms in total. The van der Waals surface area contributed by atoms with Gasteiger partial charge in [-0.25, -0.2) is 9.18 Å². The normalized spacial score (nSPS) is 29.5. The van der Waals surface area contributed by atoms with Crippen molar-refractivity contribution < 1.29 is 19.0 Å². The number of likely N-dealkylation sites (tertiary alicyclic amines) is 2. The van der Waals surface area contributed by atoms with E-state index in [1.165, 1.54) is 4.90 Å². The topological polar surface area (TPSA) is 53.0 Å². The summed E-state index contributed by atoms with van der Waals surface area (Å²) in [6.07, 6.45) is 0.300. The molecule has 1 amide bonds. The van der Waals surface area contributed by atoms with E-state index in [4.69, 9.17) is 4.74 Å². The van der Waals surface area contributed by atoms with Crippen LogP contribution in [0.15, 0.2) is 0 Å². The van der Waals surface area contributed by atoms with Crippen molar-refractivity contribution in [3.63, 3.8) is 0 Å². The van der Waals surface area contributed by atoms with Crippen LogP contribution >= 0.6 is 0 Å². The van der Waals surface area contributed by atoms with Gasteiger partial charge in [-0.3, -0.25) is 4.90 Å². The zero-order valence-corrected chi connectivity index (χ0v) is 13.2. The predicted octanol–water partition coefficient (Wildman–Crippen LogP) is 1.79. The summed E-state index contributed by atoms with van der Waals surface area (Å²) >= 11 is 0. The van der Waals surface area contributed by atoms with Crippen molar-refractivity contribution in [1.29, 1.82) is 0 Å². The van der Waals surface area contributed by atoms with Gasteiger partial charge in [0.2, 0.25) is 0 Å². The second-order valence-electron chi connectivity index (χ2n) is 7.07. The number of aliphatic hydroxyl groups excluding tert-OH is 1. The van der Waals surface area contributed by atoms with Crippen molar-refractivity contribution in [2.75, 3.05) is 26.2 Å². The molecule has 0 bridgehead atoms. The van der Waals surface area contributed by atoms with Crippen LogP contribution < -0.4 is 0 Å². The van der Waals surface area contributed by atoms with E-state index in [1.54, 1.807) is 0 Å². The Bertz CT molecular complexity index is 364. The molecule has 2 aliphatic rings. The maximum absolute atomic E-state index is 14.4. The van der Waals surface area contributed by atoms with Crippen LogP contribution in [0.1, 0.15) is 40.0 Å². The molecule has 0 aromatic carbocycles. The molecular weight excluding hydrogens is 275 g/mol. The summed E-state index contributed by atoms with van der Waals surface area (Å²) in [4.78, 5) is 15.6. The van der Waals surface area contributed by atoms with Crippen molar-refractivity contribution in [1.82, 2.24) is 9.80 Å². The summed E-state index contributed by atoms with van der Waals surface area (Å²) in [5, 5.41) is 9.52. The molecule has 0 radical (unpaired) electrons. The molecule has 21 heavy (non-hydrogen) atoms. The van der Waals surface area contributed by atoms with Crippen LogP contribution in [-0.4, -0.2) is 71.1 Å². The second-order valence-corrected chi connectivity index (χ2v) is 7.07. The van der Waals surface area contributed by atoms with Crippen LogP contribution in [0.4, 0.5) is 9.18 Å². The highest BCUT2D eigenvalue weighted by atomic mass is 19.1. The zero-order valence-electron chi connectivity index (χ0n) is 13.2. The van der Waals surface area contributed by atoms with Gasteiger partial charge in [0.25, 0.3) is 0 Å². The fourth-order valence-corrected chi connectivity index (χ4v) is 3.01. The fourth-order valence-electron chi connectivity index (χ4n) is 3.01. The number of carbonyl (C=O) groups excluding carboxylic acids is 1. The fraction of sp³-hybridized carbons (Fsp3) is 0.933. The molecular formula is C15H27FN2O3. The Kier molecular flexibility index (Phi) is 5.09. The predicted molar refractivity (Wildman–Crippen MR) is 77.9 cm³/mol. The Morgan fingerprint density at radius 3 is 2.33 bits per heavy atom. The highest BCUT2D eigenvalue weighted by Gasteiger charge is 2.37. The van der Waals surface area contributed by atoms with Crippen molar-refractivity contribution in [3.05, 3.63) is 0 Å². The second kappa shape index (κ2) is 6.48. The smallest absolute Gasteiger partial charge is 0.410 e. The third-order valence-electron chi connectivity index (χ3n) is 4.13. The molecule has 0 saturated carbocycles. The quantitative estimate of drug-likeness (QED) is 0.802. The number of piperidine rings is 2. The number of amides is 1. The monoisotopic (exact) mass is 302 g/mol. The number of hydrogen-bond donors (Lipinski definition) is 1. The van der Waals surface area contributed by atoms with Crippen molar-refractivity contribution in [2.24, 2.45) is 0 Å². The Morgan fingerprint density at radius 2 is 1.81 bits per heavy atom. The highest BCUT2D eigenvalue weighted by molar-refractivity contribution is 5.68. The molecule has 1 N–H and O–H groups in total. The van der Waals surface area contributed by atoms with Crippen LogP contribution in [0.3, 0.4) is 0 Å². The van der Waals surface area contributed by atoms with Crippen LogP contribution in [0.2, 0.25) is 0 Å². The van der Waals surface area contributed by atoms with Crippen LogP contribution in [-0.2, 0) is 4.74 Å². The first kappa shape index (κ1) is 16.5.